The Morgan fingerprint density at radius 1 is 0.955 bits per heavy atom. The van der Waals surface area contributed by atoms with E-state index in [4.69, 9.17) is 0 Å². The van der Waals surface area contributed by atoms with Crippen LogP contribution in [0.2, 0.25) is 0 Å². The topological polar surface area (TPSA) is 37.4 Å². The van der Waals surface area contributed by atoms with Crippen molar-refractivity contribution in [2.24, 2.45) is 35.5 Å². The van der Waals surface area contributed by atoms with Crippen LogP contribution in [0.4, 0.5) is 4.39 Å². The third-order valence-corrected chi connectivity index (χ3v) is 6.01. The van der Waals surface area contributed by atoms with Gasteiger partial charge in [0.25, 0.3) is 0 Å². The molecule has 6 atom stereocenters. The van der Waals surface area contributed by atoms with Crippen LogP contribution in [0.1, 0.15) is 12.0 Å². The molecule has 4 heteroatoms. The van der Waals surface area contributed by atoms with Crippen molar-refractivity contribution in [1.29, 1.82) is 0 Å². The Labute approximate surface area is 127 Å². The van der Waals surface area contributed by atoms with Crippen molar-refractivity contribution in [3.05, 3.63) is 47.8 Å². The molecule has 0 aromatic heterocycles. The molecule has 3 fully saturated rings. The predicted octanol–water partition coefficient (Wildman–Crippen LogP) is 2.38. The fourth-order valence-corrected chi connectivity index (χ4v) is 4.95. The molecule has 112 valence electrons. The molecule has 1 aromatic carbocycles. The van der Waals surface area contributed by atoms with Gasteiger partial charge in [0.05, 0.1) is 18.4 Å². The summed E-state index contributed by atoms with van der Waals surface area (Å²) in [5, 5.41) is 0. The van der Waals surface area contributed by atoms with Gasteiger partial charge in [0, 0.05) is 0 Å². The van der Waals surface area contributed by atoms with Crippen molar-refractivity contribution in [3.8, 4) is 0 Å². The molecule has 0 radical (unpaired) electrons. The Morgan fingerprint density at radius 3 is 2.05 bits per heavy atom. The zero-order chi connectivity index (χ0) is 15.0. The Bertz CT molecular complexity index is 674. The molecule has 5 aliphatic rings. The quantitative estimate of drug-likeness (QED) is 0.621. The number of allylic oxidation sites excluding steroid dienone is 2. The van der Waals surface area contributed by atoms with Crippen molar-refractivity contribution in [1.82, 2.24) is 4.90 Å². The molecular formula is C18H16FNO2. The lowest BCUT2D eigenvalue weighted by molar-refractivity contribution is -0.140. The normalized spacial score (nSPS) is 40.9. The maximum atomic E-state index is 13.0. The molecule has 4 aliphatic carbocycles. The summed E-state index contributed by atoms with van der Waals surface area (Å²) in [7, 11) is 0. The first-order valence-corrected chi connectivity index (χ1v) is 7.93. The molecule has 2 amide bonds. The smallest absolute Gasteiger partial charge is 0.234 e. The summed E-state index contributed by atoms with van der Waals surface area (Å²) in [4.78, 5) is 26.9. The van der Waals surface area contributed by atoms with Crippen LogP contribution >= 0.6 is 0 Å². The SMILES string of the molecule is O=C1[C@@H]2[C@H]3C=C[C@@H]([C@@H]4C[C@@H]34)[C@H]2C(=O)N1Cc1ccc(F)cc1. The highest BCUT2D eigenvalue weighted by Crippen LogP contribution is 2.65. The Hall–Kier alpha value is -1.97. The molecule has 1 aromatic rings. The molecule has 2 bridgehead atoms. The number of carbonyl (C=O) groups is 2. The van der Waals surface area contributed by atoms with Crippen LogP contribution in [0, 0.1) is 41.3 Å². The molecule has 1 aliphatic heterocycles. The molecule has 22 heavy (non-hydrogen) atoms. The number of hydrogen-bond donors (Lipinski definition) is 0. The number of rotatable bonds is 2. The van der Waals surface area contributed by atoms with Gasteiger partial charge in [-0.25, -0.2) is 4.39 Å². The van der Waals surface area contributed by atoms with Crippen LogP contribution in [0.3, 0.4) is 0 Å². The minimum absolute atomic E-state index is 0.0241. The van der Waals surface area contributed by atoms with Gasteiger partial charge < -0.3 is 0 Å². The molecule has 6 rings (SSSR count). The van der Waals surface area contributed by atoms with Gasteiger partial charge >= 0.3 is 0 Å². The van der Waals surface area contributed by atoms with Crippen LogP contribution < -0.4 is 0 Å². The van der Waals surface area contributed by atoms with E-state index in [-0.39, 0.29) is 47.8 Å². The van der Waals surface area contributed by atoms with E-state index in [0.29, 0.717) is 11.8 Å². The van der Waals surface area contributed by atoms with E-state index in [9.17, 15) is 14.0 Å². The Morgan fingerprint density at radius 2 is 1.50 bits per heavy atom. The van der Waals surface area contributed by atoms with Crippen molar-refractivity contribution in [3.63, 3.8) is 0 Å². The molecule has 0 spiro atoms. The fraction of sp³-hybridized carbons (Fsp3) is 0.444. The van der Waals surface area contributed by atoms with Crippen LogP contribution in [0.25, 0.3) is 0 Å². The number of benzene rings is 1. The number of halogens is 1. The van der Waals surface area contributed by atoms with Gasteiger partial charge in [-0.3, -0.25) is 14.5 Å². The Balaban J connectivity index is 1.46. The van der Waals surface area contributed by atoms with Crippen molar-refractivity contribution < 1.29 is 14.0 Å². The first-order chi connectivity index (χ1) is 10.6. The van der Waals surface area contributed by atoms with Gasteiger partial charge in [-0.05, 0) is 47.8 Å². The lowest BCUT2D eigenvalue weighted by Crippen LogP contribution is -2.40. The van der Waals surface area contributed by atoms with Gasteiger partial charge in [0.15, 0.2) is 0 Å². The Kier molecular flexibility index (Phi) is 2.32. The number of likely N-dealkylation sites (tertiary alicyclic amines) is 1. The molecule has 3 nitrogen and oxygen atoms in total. The van der Waals surface area contributed by atoms with E-state index in [1.165, 1.54) is 23.5 Å². The second-order valence-corrected chi connectivity index (χ2v) is 7.04. The van der Waals surface area contributed by atoms with Crippen LogP contribution in [0.15, 0.2) is 36.4 Å². The third kappa shape index (κ3) is 1.50. The summed E-state index contributed by atoms with van der Waals surface area (Å²) < 4.78 is 13.0. The average Bonchev–Trinajstić information content (AvgIpc) is 3.30. The minimum atomic E-state index is -0.307. The summed E-state index contributed by atoms with van der Waals surface area (Å²) in [6, 6.07) is 6.02. The second-order valence-electron chi connectivity index (χ2n) is 7.04. The maximum Gasteiger partial charge on any atom is 0.234 e. The van der Waals surface area contributed by atoms with Crippen molar-refractivity contribution in [2.45, 2.75) is 13.0 Å². The van der Waals surface area contributed by atoms with Gasteiger partial charge in [0.1, 0.15) is 5.82 Å². The lowest BCUT2D eigenvalue weighted by Gasteiger charge is -2.37. The molecule has 1 heterocycles. The largest absolute Gasteiger partial charge is 0.278 e. The van der Waals surface area contributed by atoms with Gasteiger partial charge in [-0.1, -0.05) is 24.3 Å². The van der Waals surface area contributed by atoms with Gasteiger partial charge in [0.2, 0.25) is 11.8 Å². The van der Waals surface area contributed by atoms with Crippen molar-refractivity contribution in [2.75, 3.05) is 0 Å². The zero-order valence-electron chi connectivity index (χ0n) is 12.0. The molecule has 0 N–H and O–H groups in total. The predicted molar refractivity (Wildman–Crippen MR) is 76.7 cm³/mol. The van der Waals surface area contributed by atoms with Crippen molar-refractivity contribution >= 4 is 11.8 Å². The highest BCUT2D eigenvalue weighted by atomic mass is 19.1. The summed E-state index contributed by atoms with van der Waals surface area (Å²) in [5.74, 6) is 1.12. The first kappa shape index (κ1) is 12.6. The van der Waals surface area contributed by atoms with E-state index in [1.807, 2.05) is 0 Å². The first-order valence-electron chi connectivity index (χ1n) is 7.93. The number of imide groups is 1. The van der Waals surface area contributed by atoms with E-state index < -0.39 is 0 Å². The summed E-state index contributed by atoms with van der Waals surface area (Å²) in [6.07, 6.45) is 5.52. The van der Waals surface area contributed by atoms with Gasteiger partial charge in [-0.15, -0.1) is 0 Å². The van der Waals surface area contributed by atoms with E-state index >= 15 is 0 Å². The van der Waals surface area contributed by atoms with Gasteiger partial charge in [-0.2, -0.15) is 0 Å². The minimum Gasteiger partial charge on any atom is -0.278 e. The second kappa shape index (κ2) is 4.06. The standard InChI is InChI=1S/C18H16FNO2/c19-10-3-1-9(2-4-10)8-20-17(21)15-11-5-6-12(14-7-13(11)14)16(15)18(20)22/h1-6,11-16H,7-8H2/t11-,12-,13-,14-,15+,16+/m0/s1. The van der Waals surface area contributed by atoms with Crippen LogP contribution in [-0.2, 0) is 16.1 Å². The fourth-order valence-electron chi connectivity index (χ4n) is 4.95. The highest BCUT2D eigenvalue weighted by molar-refractivity contribution is 6.06. The van der Waals surface area contributed by atoms with Crippen LogP contribution in [-0.4, -0.2) is 16.7 Å². The van der Waals surface area contributed by atoms with Crippen LogP contribution in [0.5, 0.6) is 0 Å². The monoisotopic (exact) mass is 297 g/mol. The number of amides is 2. The molecular weight excluding hydrogens is 281 g/mol. The summed E-state index contributed by atoms with van der Waals surface area (Å²) in [6.45, 7) is 0.264. The summed E-state index contributed by atoms with van der Waals surface area (Å²) >= 11 is 0. The number of carbonyl (C=O) groups excluding carboxylic acids is 2. The number of hydrogen-bond acceptors (Lipinski definition) is 2. The maximum absolute atomic E-state index is 13.0. The summed E-state index contributed by atoms with van der Waals surface area (Å²) in [5.41, 5.74) is 0.798. The van der Waals surface area contributed by atoms with E-state index in [2.05, 4.69) is 12.2 Å². The lowest BCUT2D eigenvalue weighted by atomic mass is 9.63. The third-order valence-electron chi connectivity index (χ3n) is 6.01. The van der Waals surface area contributed by atoms with E-state index in [1.54, 1.807) is 12.1 Å². The van der Waals surface area contributed by atoms with E-state index in [0.717, 1.165) is 5.56 Å². The molecule has 2 saturated carbocycles. The molecule has 1 saturated heterocycles. The average molecular weight is 297 g/mol. The zero-order valence-corrected chi connectivity index (χ0v) is 12.0. The highest BCUT2D eigenvalue weighted by Gasteiger charge is 2.66. The number of nitrogens with zero attached hydrogens (tertiary/aromatic N) is 1. The molecule has 0 unspecified atom stereocenters.